The number of anilines is 1. The van der Waals surface area contributed by atoms with Crippen LogP contribution in [-0.2, 0) is 15.9 Å². The molecule has 1 saturated heterocycles. The number of hydrogen-bond acceptors (Lipinski definition) is 6. The third kappa shape index (κ3) is 4.63. The molecule has 0 atom stereocenters. The minimum absolute atomic E-state index is 0.313. The molecule has 27 heavy (non-hydrogen) atoms. The van der Waals surface area contributed by atoms with Crippen LogP contribution in [-0.4, -0.2) is 48.8 Å². The summed E-state index contributed by atoms with van der Waals surface area (Å²) < 4.78 is 10.8. The maximum Gasteiger partial charge on any atom is 0.344 e. The van der Waals surface area contributed by atoms with Gasteiger partial charge >= 0.3 is 5.97 Å². The van der Waals surface area contributed by atoms with Crippen molar-refractivity contribution in [1.29, 1.82) is 0 Å². The molecule has 0 aliphatic carbocycles. The number of carbonyl (C=O) groups excluding carboxylic acids is 1. The second-order valence-electron chi connectivity index (χ2n) is 6.48. The van der Waals surface area contributed by atoms with Crippen LogP contribution in [0.2, 0.25) is 0 Å². The predicted molar refractivity (Wildman–Crippen MR) is 105 cm³/mol. The highest BCUT2D eigenvalue weighted by atomic mass is 16.5. The number of aromatic nitrogens is 2. The molecule has 2 aromatic rings. The van der Waals surface area contributed by atoms with Gasteiger partial charge in [0.2, 0.25) is 0 Å². The molecule has 2 heterocycles. The first-order valence-electron chi connectivity index (χ1n) is 9.70. The number of ether oxygens (including phenoxy) is 2. The maximum absolute atomic E-state index is 12.9. The van der Waals surface area contributed by atoms with Gasteiger partial charge in [0.1, 0.15) is 17.2 Å². The number of benzene rings is 1. The third-order valence-corrected chi connectivity index (χ3v) is 4.53. The van der Waals surface area contributed by atoms with Gasteiger partial charge < -0.3 is 14.4 Å². The molecule has 0 spiro atoms. The average molecular weight is 369 g/mol. The molecule has 1 aliphatic heterocycles. The van der Waals surface area contributed by atoms with E-state index >= 15 is 0 Å². The molecule has 1 fully saturated rings. The number of aryl methyl sites for hydroxylation is 1. The lowest BCUT2D eigenvalue weighted by molar-refractivity contribution is 0.0526. The third-order valence-electron chi connectivity index (χ3n) is 4.53. The number of carbonyl (C=O) groups is 1. The molecule has 0 N–H and O–H groups in total. The Hall–Kier alpha value is -2.47. The van der Waals surface area contributed by atoms with Crippen molar-refractivity contribution < 1.29 is 14.3 Å². The van der Waals surface area contributed by atoms with Gasteiger partial charge in [-0.05, 0) is 13.3 Å². The molecule has 0 bridgehead atoms. The Labute approximate surface area is 160 Å². The minimum atomic E-state index is -0.375. The summed E-state index contributed by atoms with van der Waals surface area (Å²) in [6, 6.07) is 9.80. The Balaban J connectivity index is 2.16. The van der Waals surface area contributed by atoms with Gasteiger partial charge in [-0.2, -0.15) is 0 Å². The van der Waals surface area contributed by atoms with Crippen molar-refractivity contribution in [2.24, 2.45) is 0 Å². The van der Waals surface area contributed by atoms with Crippen LogP contribution in [0.1, 0.15) is 42.9 Å². The van der Waals surface area contributed by atoms with E-state index in [1.54, 1.807) is 0 Å². The first-order chi connectivity index (χ1) is 13.2. The number of unbranched alkanes of at least 4 members (excludes halogenated alkanes) is 1. The standard InChI is InChI=1S/C21H27N3O3/c1-3-5-11-17-22-19(16-9-7-6-8-10-16)18(21(25)27-4-2)20(23-17)24-12-14-26-15-13-24/h6-10H,3-5,11-15H2,1-2H3. The zero-order valence-corrected chi connectivity index (χ0v) is 16.1. The largest absolute Gasteiger partial charge is 0.462 e. The first-order valence-corrected chi connectivity index (χ1v) is 9.70. The quantitative estimate of drug-likeness (QED) is 0.696. The van der Waals surface area contributed by atoms with Crippen LogP contribution in [0.3, 0.4) is 0 Å². The van der Waals surface area contributed by atoms with Crippen LogP contribution in [0.25, 0.3) is 11.3 Å². The smallest absolute Gasteiger partial charge is 0.344 e. The maximum atomic E-state index is 12.9. The highest BCUT2D eigenvalue weighted by Gasteiger charge is 2.27. The lowest BCUT2D eigenvalue weighted by atomic mass is 10.0. The van der Waals surface area contributed by atoms with Crippen LogP contribution in [0.15, 0.2) is 30.3 Å². The van der Waals surface area contributed by atoms with Crippen molar-refractivity contribution in [3.05, 3.63) is 41.7 Å². The SMILES string of the molecule is CCCCc1nc(-c2ccccc2)c(C(=O)OCC)c(N2CCOCC2)n1. The highest BCUT2D eigenvalue weighted by molar-refractivity contribution is 6.01. The molecule has 1 aromatic carbocycles. The molecule has 0 amide bonds. The van der Waals surface area contributed by atoms with Crippen LogP contribution < -0.4 is 4.90 Å². The van der Waals surface area contributed by atoms with E-state index in [1.165, 1.54) is 0 Å². The van der Waals surface area contributed by atoms with E-state index in [1.807, 2.05) is 37.3 Å². The zero-order valence-electron chi connectivity index (χ0n) is 16.1. The summed E-state index contributed by atoms with van der Waals surface area (Å²) in [5.41, 5.74) is 2.00. The van der Waals surface area contributed by atoms with Crippen molar-refractivity contribution in [2.75, 3.05) is 37.8 Å². The Morgan fingerprint density at radius 3 is 2.56 bits per heavy atom. The molecule has 0 radical (unpaired) electrons. The summed E-state index contributed by atoms with van der Waals surface area (Å²) >= 11 is 0. The fourth-order valence-corrected chi connectivity index (χ4v) is 3.14. The Morgan fingerprint density at radius 2 is 1.89 bits per heavy atom. The number of hydrogen-bond donors (Lipinski definition) is 0. The second kappa shape index (κ2) is 9.46. The van der Waals surface area contributed by atoms with Crippen molar-refractivity contribution in [3.63, 3.8) is 0 Å². The summed E-state index contributed by atoms with van der Waals surface area (Å²) in [6.07, 6.45) is 2.86. The first kappa shape index (κ1) is 19.3. The lowest BCUT2D eigenvalue weighted by Crippen LogP contribution is -2.38. The molecule has 6 nitrogen and oxygen atoms in total. The van der Waals surface area contributed by atoms with Gasteiger partial charge in [-0.15, -0.1) is 0 Å². The number of nitrogens with zero attached hydrogens (tertiary/aromatic N) is 3. The molecule has 3 rings (SSSR count). The van der Waals surface area contributed by atoms with E-state index < -0.39 is 0 Å². The zero-order chi connectivity index (χ0) is 19.1. The highest BCUT2D eigenvalue weighted by Crippen LogP contribution is 2.30. The number of rotatable bonds is 7. The van der Waals surface area contributed by atoms with E-state index in [0.717, 1.165) is 30.7 Å². The topological polar surface area (TPSA) is 64.5 Å². The fraction of sp³-hybridized carbons (Fsp3) is 0.476. The van der Waals surface area contributed by atoms with Gasteiger partial charge in [0, 0.05) is 25.1 Å². The summed E-state index contributed by atoms with van der Waals surface area (Å²) in [5, 5.41) is 0. The van der Waals surface area contributed by atoms with Gasteiger partial charge in [-0.25, -0.2) is 14.8 Å². The number of morpholine rings is 1. The van der Waals surface area contributed by atoms with E-state index in [-0.39, 0.29) is 5.97 Å². The lowest BCUT2D eigenvalue weighted by Gasteiger charge is -2.30. The second-order valence-corrected chi connectivity index (χ2v) is 6.48. The molecular weight excluding hydrogens is 342 g/mol. The van der Waals surface area contributed by atoms with Gasteiger partial charge in [0.05, 0.1) is 25.5 Å². The molecule has 1 aliphatic rings. The molecule has 0 saturated carbocycles. The van der Waals surface area contributed by atoms with Crippen LogP contribution in [0.4, 0.5) is 5.82 Å². The normalized spacial score (nSPS) is 14.2. The minimum Gasteiger partial charge on any atom is -0.462 e. The number of esters is 1. The van der Waals surface area contributed by atoms with E-state index in [0.29, 0.717) is 50.0 Å². The Kier molecular flexibility index (Phi) is 6.76. The van der Waals surface area contributed by atoms with Gasteiger partial charge in [0.15, 0.2) is 0 Å². The fourth-order valence-electron chi connectivity index (χ4n) is 3.14. The average Bonchev–Trinajstić information content (AvgIpc) is 2.73. The van der Waals surface area contributed by atoms with Crippen LogP contribution in [0, 0.1) is 0 Å². The molecular formula is C21H27N3O3. The van der Waals surface area contributed by atoms with Crippen molar-refractivity contribution in [2.45, 2.75) is 33.1 Å². The van der Waals surface area contributed by atoms with Crippen molar-refractivity contribution in [1.82, 2.24) is 9.97 Å². The van der Waals surface area contributed by atoms with Crippen molar-refractivity contribution >= 4 is 11.8 Å². The van der Waals surface area contributed by atoms with Crippen molar-refractivity contribution in [3.8, 4) is 11.3 Å². The van der Waals surface area contributed by atoms with Gasteiger partial charge in [0.25, 0.3) is 0 Å². The summed E-state index contributed by atoms with van der Waals surface area (Å²) in [4.78, 5) is 24.5. The summed E-state index contributed by atoms with van der Waals surface area (Å²) in [6.45, 7) is 6.91. The molecule has 144 valence electrons. The Bertz CT molecular complexity index is 759. The summed E-state index contributed by atoms with van der Waals surface area (Å²) in [5.74, 6) is 1.06. The monoisotopic (exact) mass is 369 g/mol. The van der Waals surface area contributed by atoms with Gasteiger partial charge in [-0.1, -0.05) is 43.7 Å². The van der Waals surface area contributed by atoms with Gasteiger partial charge in [-0.3, -0.25) is 0 Å². The predicted octanol–water partition coefficient (Wildman–Crippen LogP) is 3.50. The Morgan fingerprint density at radius 1 is 1.15 bits per heavy atom. The van der Waals surface area contributed by atoms with E-state index in [4.69, 9.17) is 19.4 Å². The van der Waals surface area contributed by atoms with E-state index in [9.17, 15) is 4.79 Å². The molecule has 6 heteroatoms. The van der Waals surface area contributed by atoms with Crippen LogP contribution >= 0.6 is 0 Å². The molecule has 0 unspecified atom stereocenters. The van der Waals surface area contributed by atoms with Crippen LogP contribution in [0.5, 0.6) is 0 Å². The summed E-state index contributed by atoms with van der Waals surface area (Å²) in [7, 11) is 0. The molecule has 1 aromatic heterocycles. The van der Waals surface area contributed by atoms with E-state index in [2.05, 4.69) is 11.8 Å².